The van der Waals surface area contributed by atoms with Crippen molar-refractivity contribution >= 4 is 13.8 Å². The summed E-state index contributed by atoms with van der Waals surface area (Å²) < 4.78 is 34.8. The number of ether oxygens (including phenoxy) is 2. The molecule has 0 rings (SSSR count). The number of rotatable bonds is 49. The monoisotopic (exact) mass is 980 g/mol. The minimum atomic E-state index is -4.55. The van der Waals surface area contributed by atoms with E-state index >= 15 is 0 Å². The molecule has 0 saturated carbocycles. The van der Waals surface area contributed by atoms with Gasteiger partial charge in [-0.2, -0.15) is 0 Å². The maximum Gasteiger partial charge on any atom is 0.306 e. The van der Waals surface area contributed by atoms with Crippen molar-refractivity contribution in [1.29, 1.82) is 0 Å². The smallest absolute Gasteiger partial charge is 0.306 e. The van der Waals surface area contributed by atoms with Gasteiger partial charge in [0.25, 0.3) is 7.82 Å². The van der Waals surface area contributed by atoms with Crippen LogP contribution in [-0.2, 0) is 27.9 Å². The molecule has 69 heavy (non-hydrogen) atoms. The van der Waals surface area contributed by atoms with Crippen molar-refractivity contribution in [2.45, 2.75) is 200 Å². The lowest BCUT2D eigenvalue weighted by atomic mass is 10.0. The van der Waals surface area contributed by atoms with Crippen molar-refractivity contribution in [3.8, 4) is 0 Å². The molecule has 394 valence electrons. The first kappa shape index (κ1) is 65.9. The van der Waals surface area contributed by atoms with Crippen molar-refractivity contribution in [2.75, 3.05) is 54.1 Å². The largest absolute Gasteiger partial charge is 0.756 e. The summed E-state index contributed by atoms with van der Waals surface area (Å²) in [5.74, 6) is -0.353. The highest BCUT2D eigenvalue weighted by molar-refractivity contribution is 7.45. The number of carbonyl (C=O) groups is 1. The van der Waals surface area contributed by atoms with Crippen LogP contribution in [0.1, 0.15) is 194 Å². The van der Waals surface area contributed by atoms with Crippen molar-refractivity contribution in [2.24, 2.45) is 0 Å². The molecule has 0 bridgehead atoms. The van der Waals surface area contributed by atoms with Crippen LogP contribution in [0, 0.1) is 0 Å². The van der Waals surface area contributed by atoms with Crippen LogP contribution in [-0.4, -0.2) is 70.7 Å². The molecule has 0 fully saturated rings. The fraction of sp³-hybridized carbons (Fsp3) is 0.650. The lowest BCUT2D eigenvalue weighted by Gasteiger charge is -2.28. The predicted octanol–water partition coefficient (Wildman–Crippen LogP) is 16.6. The molecule has 0 saturated heterocycles. The molecule has 0 aromatic heterocycles. The Kier molecular flexibility index (Phi) is 49.0. The van der Waals surface area contributed by atoms with E-state index in [4.69, 9.17) is 18.5 Å². The Labute approximate surface area is 424 Å². The minimum Gasteiger partial charge on any atom is -0.756 e. The van der Waals surface area contributed by atoms with E-state index in [-0.39, 0.29) is 25.8 Å². The van der Waals surface area contributed by atoms with Gasteiger partial charge in [-0.15, -0.1) is 0 Å². The zero-order valence-electron chi connectivity index (χ0n) is 44.7. The number of esters is 1. The van der Waals surface area contributed by atoms with E-state index in [1.807, 2.05) is 21.1 Å². The topological polar surface area (TPSA) is 94.1 Å². The highest BCUT2D eigenvalue weighted by atomic mass is 31.2. The van der Waals surface area contributed by atoms with Crippen LogP contribution in [0.4, 0.5) is 0 Å². The standard InChI is InChI=1S/C60H102NO7P/c1-6-8-10-12-14-16-18-20-22-24-26-28-30-31-32-33-35-37-39-41-43-45-47-49-51-53-60(62)68-59(58-67-69(63,64)66-56-54-61(3,4)5)57-65-55-52-50-48-46-44-42-40-38-36-34-29-27-25-23-21-19-17-15-13-11-9-7-2/h8-11,14-17,20-23,26-29,36,38,42,44,59H,6-7,12-13,18-19,24-25,30-35,37,39-41,43,45-58H2,1-5H3/b10-8-,11-9-,16-14-,17-15-,22-20-,23-21-,28-26-,29-27-,38-36-,44-42-. The molecule has 2 atom stereocenters. The van der Waals surface area contributed by atoms with Crippen molar-refractivity contribution in [3.63, 3.8) is 0 Å². The lowest BCUT2D eigenvalue weighted by molar-refractivity contribution is -0.870. The van der Waals surface area contributed by atoms with E-state index in [1.54, 1.807) is 0 Å². The van der Waals surface area contributed by atoms with Crippen molar-refractivity contribution < 1.29 is 37.3 Å². The average Bonchev–Trinajstić information content (AvgIpc) is 3.31. The maximum atomic E-state index is 12.8. The second-order valence-electron chi connectivity index (χ2n) is 18.8. The first-order valence-electron chi connectivity index (χ1n) is 27.3. The molecule has 0 aliphatic carbocycles. The van der Waals surface area contributed by atoms with E-state index in [9.17, 15) is 14.3 Å². The van der Waals surface area contributed by atoms with E-state index in [2.05, 4.69) is 135 Å². The van der Waals surface area contributed by atoms with Gasteiger partial charge in [0.15, 0.2) is 0 Å². The highest BCUT2D eigenvalue weighted by Crippen LogP contribution is 2.38. The number of hydrogen-bond donors (Lipinski definition) is 0. The van der Waals surface area contributed by atoms with E-state index in [0.717, 1.165) is 109 Å². The van der Waals surface area contributed by atoms with Crippen LogP contribution in [0.25, 0.3) is 0 Å². The van der Waals surface area contributed by atoms with Crippen molar-refractivity contribution in [1.82, 2.24) is 0 Å². The van der Waals surface area contributed by atoms with Crippen LogP contribution in [0.2, 0.25) is 0 Å². The number of phosphoric ester groups is 1. The summed E-state index contributed by atoms with van der Waals surface area (Å²) in [6.07, 6.45) is 73.8. The zero-order valence-corrected chi connectivity index (χ0v) is 45.6. The zero-order chi connectivity index (χ0) is 50.5. The molecule has 0 amide bonds. The number of carbonyl (C=O) groups excluding carboxylic acids is 1. The number of likely N-dealkylation sites (N-methyl/N-ethyl adjacent to an activating group) is 1. The molecule has 0 aromatic rings. The number of hydrogen-bond acceptors (Lipinski definition) is 7. The van der Waals surface area contributed by atoms with Gasteiger partial charge in [-0.3, -0.25) is 9.36 Å². The summed E-state index contributed by atoms with van der Waals surface area (Å²) in [6, 6.07) is 0. The van der Waals surface area contributed by atoms with Gasteiger partial charge in [-0.25, -0.2) is 0 Å². The quantitative estimate of drug-likeness (QED) is 0.0197. The van der Waals surface area contributed by atoms with E-state index in [0.29, 0.717) is 24.1 Å². The third-order valence-corrected chi connectivity index (χ3v) is 12.0. The Morgan fingerprint density at radius 1 is 0.449 bits per heavy atom. The molecule has 0 aliphatic rings. The Morgan fingerprint density at radius 3 is 1.19 bits per heavy atom. The SMILES string of the molecule is CC/C=C\C/C=C\C/C=C\C/C=C\C/C=C\C/C=C\CCCCCOCC(COP(=O)([O-])OCC[N+](C)(C)C)OC(=O)CCCCCCCCCCCCCC/C=C\C/C=C\C/C=C\C/C=C\CC. The summed E-state index contributed by atoms with van der Waals surface area (Å²) in [7, 11) is 1.31. The molecular weight excluding hydrogens is 878 g/mol. The van der Waals surface area contributed by atoms with Gasteiger partial charge in [-0.05, 0) is 103 Å². The Hall–Kier alpha value is -3.10. The molecule has 2 unspecified atom stereocenters. The second-order valence-corrected chi connectivity index (χ2v) is 20.2. The van der Waals surface area contributed by atoms with E-state index in [1.165, 1.54) is 64.2 Å². The van der Waals surface area contributed by atoms with Crippen LogP contribution in [0.5, 0.6) is 0 Å². The van der Waals surface area contributed by atoms with Crippen LogP contribution < -0.4 is 4.89 Å². The molecule has 0 aromatic carbocycles. The number of quaternary nitrogens is 1. The third kappa shape index (κ3) is 55.7. The van der Waals surface area contributed by atoms with Gasteiger partial charge >= 0.3 is 5.97 Å². The normalized spacial score (nSPS) is 14.5. The van der Waals surface area contributed by atoms with Crippen LogP contribution >= 0.6 is 7.82 Å². The molecule has 0 radical (unpaired) electrons. The molecule has 8 nitrogen and oxygen atoms in total. The third-order valence-electron chi connectivity index (χ3n) is 11.0. The molecule has 0 N–H and O–H groups in total. The van der Waals surface area contributed by atoms with Gasteiger partial charge in [-0.1, -0.05) is 206 Å². The van der Waals surface area contributed by atoms with Gasteiger partial charge in [0.2, 0.25) is 0 Å². The summed E-state index contributed by atoms with van der Waals surface area (Å²) in [5.41, 5.74) is 0. The first-order chi connectivity index (χ1) is 33.6. The maximum absolute atomic E-state index is 12.8. The van der Waals surface area contributed by atoms with Gasteiger partial charge in [0, 0.05) is 13.0 Å². The summed E-state index contributed by atoms with van der Waals surface area (Å²) in [4.78, 5) is 25.2. The molecular formula is C60H102NO7P. The molecule has 0 aliphatic heterocycles. The average molecular weight is 980 g/mol. The van der Waals surface area contributed by atoms with Gasteiger partial charge < -0.3 is 27.9 Å². The summed E-state index contributed by atoms with van der Waals surface area (Å²) in [6.45, 7) is 5.08. The second kappa shape index (κ2) is 51.3. The Morgan fingerprint density at radius 2 is 0.797 bits per heavy atom. The van der Waals surface area contributed by atoms with E-state index < -0.39 is 13.9 Å². The molecule has 9 heteroatoms. The van der Waals surface area contributed by atoms with Gasteiger partial charge in [0.05, 0.1) is 34.4 Å². The minimum absolute atomic E-state index is 0.0119. The van der Waals surface area contributed by atoms with Crippen molar-refractivity contribution in [3.05, 3.63) is 122 Å². The molecule has 0 spiro atoms. The summed E-state index contributed by atoms with van der Waals surface area (Å²) >= 11 is 0. The Bertz CT molecular complexity index is 1510. The highest BCUT2D eigenvalue weighted by Gasteiger charge is 2.20. The number of unbranched alkanes of at least 4 members (excludes halogenated alkanes) is 15. The predicted molar refractivity (Wildman–Crippen MR) is 295 cm³/mol. The van der Waals surface area contributed by atoms with Gasteiger partial charge in [0.1, 0.15) is 19.3 Å². The summed E-state index contributed by atoms with van der Waals surface area (Å²) in [5, 5.41) is 0. The molecule has 0 heterocycles. The Balaban J connectivity index is 4.20. The first-order valence-corrected chi connectivity index (χ1v) is 28.7. The fourth-order valence-electron chi connectivity index (χ4n) is 6.89. The fourth-order valence-corrected chi connectivity index (χ4v) is 7.62. The van der Waals surface area contributed by atoms with Crippen LogP contribution in [0.15, 0.2) is 122 Å². The number of allylic oxidation sites excluding steroid dienone is 20. The van der Waals surface area contributed by atoms with Crippen LogP contribution in [0.3, 0.4) is 0 Å². The number of phosphoric acid groups is 1. The lowest BCUT2D eigenvalue weighted by Crippen LogP contribution is -2.37. The number of nitrogens with zero attached hydrogens (tertiary/aromatic N) is 1.